The number of fused-ring (bicyclic) bond motifs is 1. The van der Waals surface area contributed by atoms with Crippen LogP contribution in [0.3, 0.4) is 0 Å². The molecule has 0 saturated carbocycles. The summed E-state index contributed by atoms with van der Waals surface area (Å²) >= 11 is 0. The molecule has 3 heterocycles. The SMILES string of the molecule is COc1cc(O)c2c(=O)c(O)c(-c3ccc(O)cc3)oc2c1O[C@@H]1O[C@H](CO)[C@@H](O)[C@H](O)[C@@H]1O[C@@H]1O[C@H](CO)[C@@H](O)[C@H](O)[C@H]1O. The van der Waals surface area contributed by atoms with E-state index in [0.717, 1.165) is 6.07 Å². The second-order valence-electron chi connectivity index (χ2n) is 10.4. The van der Waals surface area contributed by atoms with Crippen LogP contribution in [0.4, 0.5) is 0 Å². The van der Waals surface area contributed by atoms with E-state index in [9.17, 15) is 55.9 Å². The van der Waals surface area contributed by atoms with Crippen LogP contribution in [0.2, 0.25) is 0 Å². The number of aromatic hydroxyl groups is 3. The largest absolute Gasteiger partial charge is 0.508 e. The number of hydrogen-bond acceptors (Lipinski definition) is 17. The molecule has 0 spiro atoms. The number of aliphatic hydroxyl groups is 7. The third-order valence-electron chi connectivity index (χ3n) is 7.59. The summed E-state index contributed by atoms with van der Waals surface area (Å²) in [4.78, 5) is 13.2. The van der Waals surface area contributed by atoms with E-state index in [2.05, 4.69) is 0 Å². The van der Waals surface area contributed by atoms with Crippen LogP contribution in [0, 0.1) is 0 Å². The Hall–Kier alpha value is -3.75. The first kappa shape index (κ1) is 32.6. The normalized spacial score (nSPS) is 32.0. The number of benzene rings is 2. The second kappa shape index (κ2) is 12.9. The fourth-order valence-corrected chi connectivity index (χ4v) is 5.11. The molecule has 2 aliphatic rings. The zero-order valence-electron chi connectivity index (χ0n) is 23.4. The highest BCUT2D eigenvalue weighted by Crippen LogP contribution is 2.44. The lowest BCUT2D eigenvalue weighted by atomic mass is 9.97. The maximum Gasteiger partial charge on any atom is 0.238 e. The van der Waals surface area contributed by atoms with Crippen molar-refractivity contribution < 1.29 is 79.2 Å². The predicted molar refractivity (Wildman–Crippen MR) is 146 cm³/mol. The molecule has 3 aromatic rings. The summed E-state index contributed by atoms with van der Waals surface area (Å²) in [5, 5.41) is 102. The Morgan fingerprint density at radius 1 is 0.800 bits per heavy atom. The van der Waals surface area contributed by atoms with Gasteiger partial charge in [-0.2, -0.15) is 0 Å². The number of rotatable bonds is 8. The van der Waals surface area contributed by atoms with Crippen LogP contribution in [0.1, 0.15) is 0 Å². The van der Waals surface area contributed by atoms with Gasteiger partial charge in [0.25, 0.3) is 0 Å². The van der Waals surface area contributed by atoms with Crippen molar-refractivity contribution >= 4 is 11.0 Å². The Balaban J connectivity index is 1.61. The Morgan fingerprint density at radius 2 is 1.40 bits per heavy atom. The maximum absolute atomic E-state index is 13.2. The van der Waals surface area contributed by atoms with Crippen molar-refractivity contribution in [3.8, 4) is 40.1 Å². The number of aliphatic hydroxyl groups excluding tert-OH is 7. The third kappa shape index (κ3) is 5.86. The van der Waals surface area contributed by atoms with Gasteiger partial charge in [-0.1, -0.05) is 0 Å². The van der Waals surface area contributed by atoms with E-state index in [0.29, 0.717) is 0 Å². The lowest BCUT2D eigenvalue weighted by Gasteiger charge is -2.45. The number of phenolic OH excluding ortho intramolecular Hbond substituents is 2. The molecule has 0 unspecified atom stereocenters. The number of methoxy groups -OCH3 is 1. The number of hydrogen-bond donors (Lipinski definition) is 10. The van der Waals surface area contributed by atoms with Crippen molar-refractivity contribution in [1.29, 1.82) is 0 Å². The predicted octanol–water partition coefficient (Wildman–Crippen LogP) is -2.41. The van der Waals surface area contributed by atoms with E-state index in [1.165, 1.54) is 31.4 Å². The third-order valence-corrected chi connectivity index (χ3v) is 7.59. The summed E-state index contributed by atoms with van der Waals surface area (Å²) in [7, 11) is 1.17. The molecule has 17 heteroatoms. The lowest BCUT2D eigenvalue weighted by molar-refractivity contribution is -0.357. The fraction of sp³-hybridized carbons (Fsp3) is 0.464. The van der Waals surface area contributed by atoms with Crippen molar-refractivity contribution in [3.05, 3.63) is 40.6 Å². The maximum atomic E-state index is 13.2. The average Bonchev–Trinajstić information content (AvgIpc) is 3.03. The molecule has 2 aromatic carbocycles. The quantitative estimate of drug-likeness (QED) is 0.123. The smallest absolute Gasteiger partial charge is 0.238 e. The molecule has 246 valence electrons. The Labute approximate surface area is 252 Å². The average molecular weight is 641 g/mol. The summed E-state index contributed by atoms with van der Waals surface area (Å²) in [6, 6.07) is 6.14. The van der Waals surface area contributed by atoms with Crippen LogP contribution in [-0.2, 0) is 14.2 Å². The first-order chi connectivity index (χ1) is 21.4. The summed E-state index contributed by atoms with van der Waals surface area (Å²) in [5.41, 5.74) is -1.45. The van der Waals surface area contributed by atoms with Crippen molar-refractivity contribution in [1.82, 2.24) is 0 Å². The van der Waals surface area contributed by atoms with Crippen LogP contribution in [-0.4, -0.2) is 133 Å². The minimum atomic E-state index is -1.93. The van der Waals surface area contributed by atoms with Gasteiger partial charge in [0.05, 0.1) is 20.3 Å². The second-order valence-corrected chi connectivity index (χ2v) is 10.4. The molecule has 0 bridgehead atoms. The molecule has 0 aliphatic carbocycles. The molecule has 0 radical (unpaired) electrons. The van der Waals surface area contributed by atoms with Gasteiger partial charge in [0.2, 0.25) is 23.2 Å². The van der Waals surface area contributed by atoms with E-state index in [-0.39, 0.29) is 17.1 Å². The monoisotopic (exact) mass is 640 g/mol. The van der Waals surface area contributed by atoms with Crippen LogP contribution in [0.15, 0.2) is 39.5 Å². The standard InChI is InChI=1S/C28H32O17/c1-40-12-6-11(32)15-18(35)21(38)23(9-2-4-10(31)5-3-9)43-25(15)24(12)44-28-26(20(37)17(34)14(8-30)42-28)45-27-22(39)19(36)16(33)13(7-29)41-27/h2-6,13-14,16-17,19-20,22,26-34,36-39H,7-8H2,1H3/t13-,14-,16-,17-,19+,20+,22-,26+,27+,28+/m1/s1. The minimum Gasteiger partial charge on any atom is -0.508 e. The zero-order valence-corrected chi connectivity index (χ0v) is 23.4. The molecule has 2 saturated heterocycles. The first-order valence-corrected chi connectivity index (χ1v) is 13.6. The molecule has 1 aromatic heterocycles. The van der Waals surface area contributed by atoms with Gasteiger partial charge in [-0.3, -0.25) is 4.79 Å². The molecule has 2 fully saturated rings. The highest BCUT2D eigenvalue weighted by atomic mass is 16.8. The molecule has 10 atom stereocenters. The van der Waals surface area contributed by atoms with Crippen molar-refractivity contribution in [2.24, 2.45) is 0 Å². The van der Waals surface area contributed by atoms with E-state index in [1.54, 1.807) is 0 Å². The molecular formula is C28H32O17. The van der Waals surface area contributed by atoms with Gasteiger partial charge in [0, 0.05) is 11.6 Å². The summed E-state index contributed by atoms with van der Waals surface area (Å²) < 4.78 is 33.8. The van der Waals surface area contributed by atoms with Gasteiger partial charge in [-0.15, -0.1) is 0 Å². The van der Waals surface area contributed by atoms with Gasteiger partial charge in [0.15, 0.2) is 29.5 Å². The molecular weight excluding hydrogens is 608 g/mol. The summed E-state index contributed by atoms with van der Waals surface area (Å²) in [6.07, 6.45) is -17.6. The van der Waals surface area contributed by atoms with Gasteiger partial charge >= 0.3 is 0 Å². The van der Waals surface area contributed by atoms with Crippen LogP contribution < -0.4 is 14.9 Å². The summed E-state index contributed by atoms with van der Waals surface area (Å²) in [6.45, 7) is -1.62. The van der Waals surface area contributed by atoms with Crippen molar-refractivity contribution in [3.63, 3.8) is 0 Å². The molecule has 0 amide bonds. The van der Waals surface area contributed by atoms with Gasteiger partial charge in [-0.05, 0) is 24.3 Å². The first-order valence-electron chi connectivity index (χ1n) is 13.6. The van der Waals surface area contributed by atoms with E-state index in [4.69, 9.17) is 28.1 Å². The lowest BCUT2D eigenvalue weighted by Crippen LogP contribution is -2.65. The summed E-state index contributed by atoms with van der Waals surface area (Å²) in [5.74, 6) is -2.80. The molecule has 5 rings (SSSR count). The zero-order chi connectivity index (χ0) is 32.7. The van der Waals surface area contributed by atoms with Crippen LogP contribution in [0.25, 0.3) is 22.3 Å². The molecule has 45 heavy (non-hydrogen) atoms. The van der Waals surface area contributed by atoms with E-state index in [1.807, 2.05) is 0 Å². The van der Waals surface area contributed by atoms with Crippen LogP contribution in [0.5, 0.6) is 28.7 Å². The highest BCUT2D eigenvalue weighted by Gasteiger charge is 2.51. The van der Waals surface area contributed by atoms with Crippen LogP contribution >= 0.6 is 0 Å². The molecule has 2 aliphatic heterocycles. The topological polar surface area (TPSA) is 279 Å². The van der Waals surface area contributed by atoms with E-state index >= 15 is 0 Å². The van der Waals surface area contributed by atoms with Crippen molar-refractivity contribution in [2.75, 3.05) is 20.3 Å². The Morgan fingerprint density at radius 3 is 2.00 bits per heavy atom. The van der Waals surface area contributed by atoms with Gasteiger partial charge in [-0.25, -0.2) is 0 Å². The molecule has 10 N–H and O–H groups in total. The minimum absolute atomic E-state index is 0.121. The Bertz CT molecular complexity index is 1560. The number of phenols is 2. The van der Waals surface area contributed by atoms with Gasteiger partial charge in [0.1, 0.15) is 59.6 Å². The fourth-order valence-electron chi connectivity index (χ4n) is 5.11. The molecule has 17 nitrogen and oxygen atoms in total. The Kier molecular flexibility index (Phi) is 9.38. The van der Waals surface area contributed by atoms with Gasteiger partial charge < -0.3 is 79.2 Å². The van der Waals surface area contributed by atoms with E-state index < -0.39 is 114 Å². The van der Waals surface area contributed by atoms with Crippen molar-refractivity contribution in [2.45, 2.75) is 61.4 Å². The highest BCUT2D eigenvalue weighted by molar-refractivity contribution is 5.93. The number of ether oxygens (including phenoxy) is 5.